The largest absolute Gasteiger partial charge is 0.325 e. The summed E-state index contributed by atoms with van der Waals surface area (Å²) < 4.78 is 13.7. The number of anilines is 2. The van der Waals surface area contributed by atoms with Crippen LogP contribution in [-0.2, 0) is 9.59 Å². The molecule has 0 bridgehead atoms. The van der Waals surface area contributed by atoms with Crippen LogP contribution in [0, 0.1) is 11.2 Å². The van der Waals surface area contributed by atoms with E-state index in [0.717, 1.165) is 0 Å². The first kappa shape index (κ1) is 16.8. The molecule has 0 saturated heterocycles. The molecule has 3 rings (SSSR count). The van der Waals surface area contributed by atoms with E-state index < -0.39 is 23.0 Å². The lowest BCUT2D eigenvalue weighted by atomic mass is 10.0. The van der Waals surface area contributed by atoms with Gasteiger partial charge in [0.2, 0.25) is 11.8 Å². The van der Waals surface area contributed by atoms with Crippen molar-refractivity contribution < 1.29 is 18.8 Å². The first-order chi connectivity index (χ1) is 11.9. The summed E-state index contributed by atoms with van der Waals surface area (Å²) in [7, 11) is 0. The summed E-state index contributed by atoms with van der Waals surface area (Å²) >= 11 is 0. The molecule has 1 aliphatic rings. The number of amides is 2. The predicted octanol–water partition coefficient (Wildman–Crippen LogP) is 3.39. The standard InChI is InChI=1S/C19H17FN2O3/c1-12(23)13-5-4-6-14(11-13)21-17(24)19(9-10-19)18(25)22-16-8-3-2-7-15(16)20/h2-8,11H,9-10H2,1H3,(H,21,24)(H,22,25). The van der Waals surface area contributed by atoms with Crippen molar-refractivity contribution in [2.45, 2.75) is 19.8 Å². The zero-order valence-electron chi connectivity index (χ0n) is 13.6. The Bertz CT molecular complexity index is 859. The van der Waals surface area contributed by atoms with Crippen molar-refractivity contribution in [3.8, 4) is 0 Å². The van der Waals surface area contributed by atoms with Gasteiger partial charge in [0.05, 0.1) is 5.69 Å². The lowest BCUT2D eigenvalue weighted by molar-refractivity contribution is -0.131. The van der Waals surface area contributed by atoms with Gasteiger partial charge in [0.1, 0.15) is 11.2 Å². The van der Waals surface area contributed by atoms with Gasteiger partial charge in [0.25, 0.3) is 0 Å². The molecule has 2 N–H and O–H groups in total. The molecular formula is C19H17FN2O3. The van der Waals surface area contributed by atoms with Crippen LogP contribution in [0.4, 0.5) is 15.8 Å². The lowest BCUT2D eigenvalue weighted by Gasteiger charge is -2.16. The van der Waals surface area contributed by atoms with Crippen LogP contribution in [0.2, 0.25) is 0 Å². The first-order valence-corrected chi connectivity index (χ1v) is 7.91. The Labute approximate surface area is 144 Å². The number of ketones is 1. The van der Waals surface area contributed by atoms with Crippen LogP contribution < -0.4 is 10.6 Å². The van der Waals surface area contributed by atoms with Gasteiger partial charge in [-0.3, -0.25) is 14.4 Å². The fraction of sp³-hybridized carbons (Fsp3) is 0.211. The number of hydrogen-bond donors (Lipinski definition) is 2. The van der Waals surface area contributed by atoms with E-state index in [9.17, 15) is 18.8 Å². The number of hydrogen-bond acceptors (Lipinski definition) is 3. The first-order valence-electron chi connectivity index (χ1n) is 7.91. The van der Waals surface area contributed by atoms with Crippen molar-refractivity contribution in [1.29, 1.82) is 0 Å². The minimum Gasteiger partial charge on any atom is -0.325 e. The van der Waals surface area contributed by atoms with Gasteiger partial charge in [0.15, 0.2) is 5.78 Å². The summed E-state index contributed by atoms with van der Waals surface area (Å²) in [5, 5.41) is 5.16. The molecule has 0 unspecified atom stereocenters. The topological polar surface area (TPSA) is 75.3 Å². The van der Waals surface area contributed by atoms with Gasteiger partial charge in [-0.05, 0) is 44.0 Å². The van der Waals surface area contributed by atoms with E-state index in [1.165, 1.54) is 25.1 Å². The third-order valence-electron chi connectivity index (χ3n) is 4.27. The Morgan fingerprint density at radius 3 is 2.28 bits per heavy atom. The molecule has 0 radical (unpaired) electrons. The maximum Gasteiger partial charge on any atom is 0.240 e. The van der Waals surface area contributed by atoms with E-state index in [-0.39, 0.29) is 11.5 Å². The summed E-state index contributed by atoms with van der Waals surface area (Å²) in [6, 6.07) is 12.3. The highest BCUT2D eigenvalue weighted by molar-refractivity contribution is 6.17. The van der Waals surface area contributed by atoms with Crippen LogP contribution in [0.3, 0.4) is 0 Å². The van der Waals surface area contributed by atoms with E-state index in [2.05, 4.69) is 10.6 Å². The molecule has 2 amide bonds. The minimum absolute atomic E-state index is 0.0464. The summed E-state index contributed by atoms with van der Waals surface area (Å²) in [6.45, 7) is 1.44. The van der Waals surface area contributed by atoms with E-state index >= 15 is 0 Å². The number of nitrogens with one attached hydrogen (secondary N) is 2. The Morgan fingerprint density at radius 1 is 0.960 bits per heavy atom. The van der Waals surface area contributed by atoms with Crippen LogP contribution in [0.15, 0.2) is 48.5 Å². The van der Waals surface area contributed by atoms with E-state index in [4.69, 9.17) is 0 Å². The van der Waals surface area contributed by atoms with Crippen LogP contribution in [0.25, 0.3) is 0 Å². The van der Waals surface area contributed by atoms with Crippen LogP contribution in [0.5, 0.6) is 0 Å². The van der Waals surface area contributed by atoms with Gasteiger partial charge < -0.3 is 10.6 Å². The van der Waals surface area contributed by atoms with Gasteiger partial charge in [-0.1, -0.05) is 24.3 Å². The fourth-order valence-corrected chi connectivity index (χ4v) is 2.55. The van der Waals surface area contributed by atoms with Gasteiger partial charge >= 0.3 is 0 Å². The van der Waals surface area contributed by atoms with E-state index in [0.29, 0.717) is 24.1 Å². The second-order valence-electron chi connectivity index (χ2n) is 6.11. The van der Waals surface area contributed by atoms with Crippen molar-refractivity contribution in [3.05, 3.63) is 59.9 Å². The molecule has 0 spiro atoms. The van der Waals surface area contributed by atoms with Gasteiger partial charge in [-0.2, -0.15) is 0 Å². The molecule has 1 aliphatic carbocycles. The summed E-state index contributed by atoms with van der Waals surface area (Å²) in [6.07, 6.45) is 0.789. The van der Waals surface area contributed by atoms with Gasteiger partial charge in [-0.15, -0.1) is 0 Å². The van der Waals surface area contributed by atoms with E-state index in [1.54, 1.807) is 30.3 Å². The number of halogens is 1. The quantitative estimate of drug-likeness (QED) is 0.647. The molecule has 1 saturated carbocycles. The number of benzene rings is 2. The average Bonchev–Trinajstić information content (AvgIpc) is 3.39. The summed E-state index contributed by atoms with van der Waals surface area (Å²) in [4.78, 5) is 36.4. The monoisotopic (exact) mass is 340 g/mol. The maximum absolute atomic E-state index is 13.7. The minimum atomic E-state index is -1.20. The molecule has 25 heavy (non-hydrogen) atoms. The fourth-order valence-electron chi connectivity index (χ4n) is 2.55. The van der Waals surface area contributed by atoms with Crippen LogP contribution in [0.1, 0.15) is 30.1 Å². The number of carbonyl (C=O) groups is 3. The molecule has 0 atom stereocenters. The SMILES string of the molecule is CC(=O)c1cccc(NC(=O)C2(C(=O)Nc3ccccc3F)CC2)c1. The van der Waals surface area contributed by atoms with Crippen LogP contribution in [-0.4, -0.2) is 17.6 Å². The third-order valence-corrected chi connectivity index (χ3v) is 4.27. The van der Waals surface area contributed by atoms with Crippen molar-refractivity contribution in [2.75, 3.05) is 10.6 Å². The third kappa shape index (κ3) is 3.42. The zero-order valence-corrected chi connectivity index (χ0v) is 13.6. The molecule has 6 heteroatoms. The molecule has 128 valence electrons. The Kier molecular flexibility index (Phi) is 4.35. The summed E-state index contributed by atoms with van der Waals surface area (Å²) in [5.41, 5.74) is -0.236. The molecule has 0 aliphatic heterocycles. The Morgan fingerprint density at radius 2 is 1.64 bits per heavy atom. The average molecular weight is 340 g/mol. The van der Waals surface area contributed by atoms with Crippen molar-refractivity contribution in [1.82, 2.24) is 0 Å². The maximum atomic E-state index is 13.7. The number of Topliss-reactive ketones (excluding diaryl/α,β-unsaturated/α-hetero) is 1. The normalized spacial score (nSPS) is 14.5. The van der Waals surface area contributed by atoms with Crippen molar-refractivity contribution in [2.24, 2.45) is 5.41 Å². The predicted molar refractivity (Wildman–Crippen MR) is 91.8 cm³/mol. The van der Waals surface area contributed by atoms with Gasteiger partial charge in [0, 0.05) is 11.3 Å². The molecule has 1 fully saturated rings. The second-order valence-corrected chi connectivity index (χ2v) is 6.11. The highest BCUT2D eigenvalue weighted by atomic mass is 19.1. The number of rotatable bonds is 5. The molecule has 5 nitrogen and oxygen atoms in total. The highest BCUT2D eigenvalue weighted by Gasteiger charge is 2.56. The number of para-hydroxylation sites is 1. The molecule has 0 aromatic heterocycles. The smallest absolute Gasteiger partial charge is 0.240 e. The summed E-state index contributed by atoms with van der Waals surface area (Å²) in [5.74, 6) is -1.66. The molecule has 2 aromatic rings. The Hall–Kier alpha value is -3.02. The zero-order chi connectivity index (χ0) is 18.0. The molecule has 0 heterocycles. The lowest BCUT2D eigenvalue weighted by Crippen LogP contribution is -2.35. The molecular weight excluding hydrogens is 323 g/mol. The second kappa shape index (κ2) is 6.47. The van der Waals surface area contributed by atoms with E-state index in [1.807, 2.05) is 0 Å². The van der Waals surface area contributed by atoms with Crippen molar-refractivity contribution in [3.63, 3.8) is 0 Å². The van der Waals surface area contributed by atoms with Crippen LogP contribution >= 0.6 is 0 Å². The Balaban J connectivity index is 1.73. The number of carbonyl (C=O) groups excluding carboxylic acids is 3. The highest BCUT2D eigenvalue weighted by Crippen LogP contribution is 2.47. The molecule has 2 aromatic carbocycles. The van der Waals surface area contributed by atoms with Gasteiger partial charge in [-0.25, -0.2) is 4.39 Å². The van der Waals surface area contributed by atoms with Crippen molar-refractivity contribution >= 4 is 29.0 Å².